The number of hydrogen-bond acceptors (Lipinski definition) is 4. The van der Waals surface area contributed by atoms with Gasteiger partial charge in [0.1, 0.15) is 0 Å². The molecular weight excluding hydrogens is 296 g/mol. The Hall–Kier alpha value is -2.73. The molecule has 0 aliphatic carbocycles. The van der Waals surface area contributed by atoms with Crippen molar-refractivity contribution in [3.05, 3.63) is 75.8 Å². The third-order valence-corrected chi connectivity index (χ3v) is 3.36. The fourth-order valence-corrected chi connectivity index (χ4v) is 2.17. The predicted octanol–water partition coefficient (Wildman–Crippen LogP) is 1.86. The largest absolute Gasteiger partial charge is 0.391 e. The van der Waals surface area contributed by atoms with Crippen molar-refractivity contribution >= 4 is 11.6 Å². The van der Waals surface area contributed by atoms with E-state index >= 15 is 0 Å². The highest BCUT2D eigenvalue weighted by molar-refractivity contribution is 5.78. The molecule has 2 aromatic rings. The number of carbonyl (C=O) groups excluding carboxylic acids is 1. The average Bonchev–Trinajstić information content (AvgIpc) is 2.54. The van der Waals surface area contributed by atoms with Gasteiger partial charge in [-0.25, -0.2) is 0 Å². The van der Waals surface area contributed by atoms with Crippen molar-refractivity contribution in [2.45, 2.75) is 18.9 Å². The number of rotatable bonds is 7. The normalized spacial score (nSPS) is 11.7. The summed E-state index contributed by atoms with van der Waals surface area (Å²) in [6.07, 6.45) is -0.0625. The van der Waals surface area contributed by atoms with E-state index in [-0.39, 0.29) is 24.6 Å². The molecule has 0 aliphatic rings. The molecule has 0 saturated carbocycles. The van der Waals surface area contributed by atoms with Crippen LogP contribution in [0.2, 0.25) is 0 Å². The Morgan fingerprint density at radius 3 is 2.35 bits per heavy atom. The lowest BCUT2D eigenvalue weighted by Gasteiger charge is -2.12. The first-order chi connectivity index (χ1) is 11.0. The molecule has 120 valence electrons. The Labute approximate surface area is 133 Å². The average molecular weight is 314 g/mol. The van der Waals surface area contributed by atoms with E-state index in [1.54, 1.807) is 12.1 Å². The molecule has 2 N–H and O–H groups in total. The van der Waals surface area contributed by atoms with Crippen LogP contribution < -0.4 is 5.32 Å². The lowest BCUT2D eigenvalue weighted by atomic mass is 10.1. The second-order valence-electron chi connectivity index (χ2n) is 5.25. The second-order valence-corrected chi connectivity index (χ2v) is 5.25. The van der Waals surface area contributed by atoms with Crippen molar-refractivity contribution in [3.63, 3.8) is 0 Å². The molecular formula is C17H18N2O4. The number of aliphatic hydroxyl groups is 1. The van der Waals surface area contributed by atoms with E-state index in [4.69, 9.17) is 0 Å². The van der Waals surface area contributed by atoms with E-state index in [1.807, 2.05) is 30.3 Å². The van der Waals surface area contributed by atoms with Gasteiger partial charge in [-0.15, -0.1) is 0 Å². The Morgan fingerprint density at radius 2 is 1.74 bits per heavy atom. The first-order valence-electron chi connectivity index (χ1n) is 7.26. The van der Waals surface area contributed by atoms with Crippen LogP contribution in [0.1, 0.15) is 11.1 Å². The van der Waals surface area contributed by atoms with Gasteiger partial charge in [-0.3, -0.25) is 14.9 Å². The minimum Gasteiger partial charge on any atom is -0.391 e. The summed E-state index contributed by atoms with van der Waals surface area (Å²) in [6.45, 7) is 0.167. The van der Waals surface area contributed by atoms with Crippen LogP contribution in [0.4, 0.5) is 5.69 Å². The molecule has 0 saturated heterocycles. The number of nitrogens with zero attached hydrogens (tertiary/aromatic N) is 1. The van der Waals surface area contributed by atoms with Crippen LogP contribution in [0.5, 0.6) is 0 Å². The SMILES string of the molecule is O=C(Cc1ccc([N+](=O)[O-])cc1)NC[C@@H](O)Cc1ccccc1. The summed E-state index contributed by atoms with van der Waals surface area (Å²) in [6, 6.07) is 15.4. The van der Waals surface area contributed by atoms with Crippen molar-refractivity contribution in [3.8, 4) is 0 Å². The topological polar surface area (TPSA) is 92.5 Å². The molecule has 0 radical (unpaired) electrons. The van der Waals surface area contributed by atoms with Crippen LogP contribution in [-0.2, 0) is 17.6 Å². The smallest absolute Gasteiger partial charge is 0.269 e. The molecule has 6 nitrogen and oxygen atoms in total. The number of carbonyl (C=O) groups is 1. The number of non-ortho nitro benzene ring substituents is 1. The first-order valence-corrected chi connectivity index (χ1v) is 7.26. The Kier molecular flexibility index (Phi) is 5.82. The molecule has 23 heavy (non-hydrogen) atoms. The Morgan fingerprint density at radius 1 is 1.09 bits per heavy atom. The van der Waals surface area contributed by atoms with Gasteiger partial charge >= 0.3 is 0 Å². The minimum atomic E-state index is -0.654. The zero-order valence-electron chi connectivity index (χ0n) is 12.5. The van der Waals surface area contributed by atoms with E-state index in [9.17, 15) is 20.0 Å². The lowest BCUT2D eigenvalue weighted by Crippen LogP contribution is -2.34. The molecule has 0 fully saturated rings. The summed E-state index contributed by atoms with van der Waals surface area (Å²) in [7, 11) is 0. The van der Waals surface area contributed by atoms with E-state index in [0.717, 1.165) is 5.56 Å². The molecule has 2 rings (SSSR count). The van der Waals surface area contributed by atoms with Gasteiger partial charge in [0, 0.05) is 25.1 Å². The fourth-order valence-electron chi connectivity index (χ4n) is 2.17. The third kappa shape index (κ3) is 5.52. The van der Waals surface area contributed by atoms with E-state index in [1.165, 1.54) is 12.1 Å². The molecule has 6 heteroatoms. The van der Waals surface area contributed by atoms with E-state index in [2.05, 4.69) is 5.32 Å². The second kappa shape index (κ2) is 8.05. The van der Waals surface area contributed by atoms with Crippen LogP contribution in [-0.4, -0.2) is 28.6 Å². The highest BCUT2D eigenvalue weighted by Crippen LogP contribution is 2.12. The maximum absolute atomic E-state index is 11.8. The number of nitro benzene ring substituents is 1. The van der Waals surface area contributed by atoms with Crippen LogP contribution in [0.3, 0.4) is 0 Å². The number of amides is 1. The summed E-state index contributed by atoms with van der Waals surface area (Å²) in [4.78, 5) is 21.9. The summed E-state index contributed by atoms with van der Waals surface area (Å²) in [5.41, 5.74) is 1.68. The van der Waals surface area contributed by atoms with Crippen molar-refractivity contribution in [1.82, 2.24) is 5.32 Å². The van der Waals surface area contributed by atoms with Gasteiger partial charge in [0.05, 0.1) is 17.4 Å². The quantitative estimate of drug-likeness (QED) is 0.602. The molecule has 0 spiro atoms. The van der Waals surface area contributed by atoms with Crippen molar-refractivity contribution < 1.29 is 14.8 Å². The van der Waals surface area contributed by atoms with Gasteiger partial charge in [-0.05, 0) is 11.1 Å². The molecule has 0 aliphatic heterocycles. The third-order valence-electron chi connectivity index (χ3n) is 3.36. The minimum absolute atomic E-state index is 0.00700. The summed E-state index contributed by atoms with van der Waals surface area (Å²) in [5, 5.41) is 23.2. The molecule has 0 bridgehead atoms. The van der Waals surface area contributed by atoms with Gasteiger partial charge in [-0.1, -0.05) is 42.5 Å². The maximum Gasteiger partial charge on any atom is 0.269 e. The lowest BCUT2D eigenvalue weighted by molar-refractivity contribution is -0.384. The van der Waals surface area contributed by atoms with Crippen LogP contribution in [0.15, 0.2) is 54.6 Å². The van der Waals surface area contributed by atoms with Gasteiger partial charge in [0.15, 0.2) is 0 Å². The van der Waals surface area contributed by atoms with Crippen molar-refractivity contribution in [1.29, 1.82) is 0 Å². The summed E-state index contributed by atoms with van der Waals surface area (Å²) in [5.74, 6) is -0.231. The highest BCUT2D eigenvalue weighted by atomic mass is 16.6. The molecule has 0 unspecified atom stereocenters. The van der Waals surface area contributed by atoms with Gasteiger partial charge in [0.2, 0.25) is 5.91 Å². The van der Waals surface area contributed by atoms with Gasteiger partial charge < -0.3 is 10.4 Å². The molecule has 1 amide bonds. The summed E-state index contributed by atoms with van der Waals surface area (Å²) < 4.78 is 0. The number of nitro groups is 1. The Balaban J connectivity index is 1.77. The molecule has 2 aromatic carbocycles. The highest BCUT2D eigenvalue weighted by Gasteiger charge is 2.10. The number of benzene rings is 2. The predicted molar refractivity (Wildman–Crippen MR) is 86.0 cm³/mol. The van der Waals surface area contributed by atoms with Gasteiger partial charge in [0.25, 0.3) is 5.69 Å². The van der Waals surface area contributed by atoms with Gasteiger partial charge in [-0.2, -0.15) is 0 Å². The van der Waals surface area contributed by atoms with Crippen LogP contribution in [0, 0.1) is 10.1 Å². The van der Waals surface area contributed by atoms with E-state index in [0.29, 0.717) is 12.0 Å². The van der Waals surface area contributed by atoms with Crippen LogP contribution in [0.25, 0.3) is 0 Å². The maximum atomic E-state index is 11.8. The zero-order valence-corrected chi connectivity index (χ0v) is 12.5. The van der Waals surface area contributed by atoms with Crippen molar-refractivity contribution in [2.24, 2.45) is 0 Å². The fraction of sp³-hybridized carbons (Fsp3) is 0.235. The molecule has 0 aromatic heterocycles. The van der Waals surface area contributed by atoms with E-state index < -0.39 is 11.0 Å². The number of aliphatic hydroxyl groups excluding tert-OH is 1. The monoisotopic (exact) mass is 314 g/mol. The number of hydrogen-bond donors (Lipinski definition) is 2. The Bertz CT molecular complexity index is 656. The number of nitrogens with one attached hydrogen (secondary N) is 1. The molecule has 0 heterocycles. The molecule has 1 atom stereocenters. The standard InChI is InChI=1S/C17H18N2O4/c20-16(10-13-4-2-1-3-5-13)12-18-17(21)11-14-6-8-15(9-7-14)19(22)23/h1-9,16,20H,10-12H2,(H,18,21)/t16-/m0/s1. The first kappa shape index (κ1) is 16.6. The van der Waals surface area contributed by atoms with Crippen molar-refractivity contribution in [2.75, 3.05) is 6.54 Å². The zero-order chi connectivity index (χ0) is 16.7. The summed E-state index contributed by atoms with van der Waals surface area (Å²) >= 11 is 0. The van der Waals surface area contributed by atoms with Crippen LogP contribution >= 0.6 is 0 Å².